The number of pyridine rings is 1. The molecule has 4 aromatic rings. The highest BCUT2D eigenvalue weighted by atomic mass is 16.2. The molecule has 0 spiro atoms. The number of piperazine rings is 1. The van der Waals surface area contributed by atoms with Crippen molar-refractivity contribution in [2.45, 2.75) is 13.1 Å². The van der Waals surface area contributed by atoms with Crippen LogP contribution in [0.25, 0.3) is 11.0 Å². The molecule has 1 aliphatic rings. The molecule has 8 heteroatoms. The zero-order chi connectivity index (χ0) is 23.3. The lowest BCUT2D eigenvalue weighted by atomic mass is 10.1. The Bertz CT molecular complexity index is 1330. The summed E-state index contributed by atoms with van der Waals surface area (Å²) in [6, 6.07) is 22.0. The number of rotatable bonds is 5. The van der Waals surface area contributed by atoms with Gasteiger partial charge < -0.3 is 19.7 Å². The third-order valence-electron chi connectivity index (χ3n) is 6.11. The first-order chi connectivity index (χ1) is 16.7. The molecule has 1 aliphatic heterocycles. The zero-order valence-electron chi connectivity index (χ0n) is 18.8. The van der Waals surface area contributed by atoms with Gasteiger partial charge in [0.15, 0.2) is 0 Å². The van der Waals surface area contributed by atoms with Gasteiger partial charge in [0.05, 0.1) is 29.0 Å². The van der Waals surface area contributed by atoms with Crippen LogP contribution in [0.4, 0.5) is 10.6 Å². The van der Waals surface area contributed by atoms with Crippen molar-refractivity contribution in [3.05, 3.63) is 89.9 Å². The van der Waals surface area contributed by atoms with Crippen LogP contribution < -0.4 is 10.2 Å². The topological polar surface area (TPSA) is 90.1 Å². The second-order valence-corrected chi connectivity index (χ2v) is 8.33. The van der Waals surface area contributed by atoms with Crippen molar-refractivity contribution in [1.82, 2.24) is 24.8 Å². The van der Waals surface area contributed by atoms with Gasteiger partial charge in [-0.1, -0.05) is 36.4 Å². The standard InChI is InChI=1S/C26H25N7O/c27-16-22-9-10-28-25(15-22)31-11-13-32(14-12-31)26(34)29-17-20-5-7-21(8-6-20)18-33-19-30-23-3-1-2-4-24(23)33/h1-10,15,19H,11-14,17-18H2,(H,29,34). The summed E-state index contributed by atoms with van der Waals surface area (Å²) >= 11 is 0. The highest BCUT2D eigenvalue weighted by Crippen LogP contribution is 2.16. The maximum Gasteiger partial charge on any atom is 0.317 e. The van der Waals surface area contributed by atoms with E-state index < -0.39 is 0 Å². The third-order valence-corrected chi connectivity index (χ3v) is 6.11. The van der Waals surface area contributed by atoms with Crippen LogP contribution in [0.1, 0.15) is 16.7 Å². The van der Waals surface area contributed by atoms with E-state index in [2.05, 4.69) is 61.2 Å². The molecule has 0 aliphatic carbocycles. The molecule has 0 atom stereocenters. The minimum Gasteiger partial charge on any atom is -0.353 e. The van der Waals surface area contributed by atoms with Crippen molar-refractivity contribution in [2.75, 3.05) is 31.1 Å². The molecule has 5 rings (SSSR count). The van der Waals surface area contributed by atoms with E-state index in [-0.39, 0.29) is 6.03 Å². The van der Waals surface area contributed by atoms with Gasteiger partial charge in [-0.2, -0.15) is 5.26 Å². The van der Waals surface area contributed by atoms with Gasteiger partial charge >= 0.3 is 6.03 Å². The van der Waals surface area contributed by atoms with Crippen molar-refractivity contribution in [3.63, 3.8) is 0 Å². The Morgan fingerprint density at radius 2 is 1.74 bits per heavy atom. The maximum absolute atomic E-state index is 12.6. The van der Waals surface area contributed by atoms with Crippen LogP contribution >= 0.6 is 0 Å². The summed E-state index contributed by atoms with van der Waals surface area (Å²) in [6.45, 7) is 3.84. The van der Waals surface area contributed by atoms with Gasteiger partial charge in [-0.15, -0.1) is 0 Å². The summed E-state index contributed by atoms with van der Waals surface area (Å²) in [5.74, 6) is 0.780. The summed E-state index contributed by atoms with van der Waals surface area (Å²) in [4.78, 5) is 25.4. The number of para-hydroxylation sites is 2. The number of carbonyl (C=O) groups is 1. The Morgan fingerprint density at radius 1 is 0.971 bits per heavy atom. The minimum atomic E-state index is -0.0626. The Hall–Kier alpha value is -4.38. The van der Waals surface area contributed by atoms with E-state index in [0.29, 0.717) is 38.3 Å². The number of nitriles is 1. The lowest BCUT2D eigenvalue weighted by Crippen LogP contribution is -2.51. The van der Waals surface area contributed by atoms with Crippen LogP contribution in [0.2, 0.25) is 0 Å². The number of anilines is 1. The molecule has 1 N–H and O–H groups in total. The van der Waals surface area contributed by atoms with Crippen molar-refractivity contribution < 1.29 is 4.79 Å². The van der Waals surface area contributed by atoms with Gasteiger partial charge in [0, 0.05) is 45.5 Å². The zero-order valence-corrected chi connectivity index (χ0v) is 18.8. The molecule has 2 amide bonds. The lowest BCUT2D eigenvalue weighted by Gasteiger charge is -2.35. The van der Waals surface area contributed by atoms with E-state index in [4.69, 9.17) is 5.26 Å². The van der Waals surface area contributed by atoms with Crippen LogP contribution in [0.3, 0.4) is 0 Å². The van der Waals surface area contributed by atoms with Gasteiger partial charge in [-0.3, -0.25) is 0 Å². The number of fused-ring (bicyclic) bond motifs is 1. The largest absolute Gasteiger partial charge is 0.353 e. The number of carbonyl (C=O) groups excluding carboxylic acids is 1. The van der Waals surface area contributed by atoms with E-state index in [1.54, 1.807) is 18.3 Å². The molecule has 0 saturated carbocycles. The van der Waals surface area contributed by atoms with E-state index in [0.717, 1.165) is 29.0 Å². The first-order valence-corrected chi connectivity index (χ1v) is 11.3. The average molecular weight is 452 g/mol. The Morgan fingerprint density at radius 3 is 2.53 bits per heavy atom. The summed E-state index contributed by atoms with van der Waals surface area (Å²) in [7, 11) is 0. The predicted molar refractivity (Wildman–Crippen MR) is 130 cm³/mol. The SMILES string of the molecule is N#Cc1ccnc(N2CCN(C(=O)NCc3ccc(Cn4cnc5ccccc54)cc3)CC2)c1. The lowest BCUT2D eigenvalue weighted by molar-refractivity contribution is 0.194. The maximum atomic E-state index is 12.6. The molecule has 0 unspecified atom stereocenters. The van der Waals surface area contributed by atoms with Crippen molar-refractivity contribution >= 4 is 22.9 Å². The van der Waals surface area contributed by atoms with Gasteiger partial charge in [-0.25, -0.2) is 14.8 Å². The Labute approximate surface area is 198 Å². The first kappa shape index (κ1) is 21.5. The summed E-state index contributed by atoms with van der Waals surface area (Å²) in [6.07, 6.45) is 3.52. The average Bonchev–Trinajstić information content (AvgIpc) is 3.31. The number of urea groups is 1. The molecule has 0 bridgehead atoms. The van der Waals surface area contributed by atoms with Crippen LogP contribution in [-0.4, -0.2) is 51.6 Å². The predicted octanol–water partition coefficient (Wildman–Crippen LogP) is 3.38. The summed E-state index contributed by atoms with van der Waals surface area (Å²) in [5, 5.41) is 12.1. The fraction of sp³-hybridized carbons (Fsp3) is 0.231. The molecule has 0 radical (unpaired) electrons. The van der Waals surface area contributed by atoms with Crippen LogP contribution in [0, 0.1) is 11.3 Å². The third kappa shape index (κ3) is 4.69. The van der Waals surface area contributed by atoms with Crippen molar-refractivity contribution in [3.8, 4) is 6.07 Å². The summed E-state index contributed by atoms with van der Waals surface area (Å²) < 4.78 is 2.14. The van der Waals surface area contributed by atoms with Crippen LogP contribution in [0.5, 0.6) is 0 Å². The van der Waals surface area contributed by atoms with Gasteiger partial charge in [-0.05, 0) is 35.4 Å². The smallest absolute Gasteiger partial charge is 0.317 e. The molecule has 8 nitrogen and oxygen atoms in total. The molecule has 3 heterocycles. The van der Waals surface area contributed by atoms with Crippen LogP contribution in [-0.2, 0) is 13.1 Å². The fourth-order valence-corrected chi connectivity index (χ4v) is 4.18. The van der Waals surface area contributed by atoms with E-state index >= 15 is 0 Å². The molecule has 1 saturated heterocycles. The Balaban J connectivity index is 1.11. The normalized spacial score (nSPS) is 13.6. The fourth-order valence-electron chi connectivity index (χ4n) is 4.18. The molecular formula is C26H25N7O. The number of hydrogen-bond donors (Lipinski definition) is 1. The number of hydrogen-bond acceptors (Lipinski definition) is 5. The van der Waals surface area contributed by atoms with Gasteiger partial charge in [0.25, 0.3) is 0 Å². The monoisotopic (exact) mass is 451 g/mol. The molecule has 2 aromatic carbocycles. The molecule has 170 valence electrons. The van der Waals surface area contributed by atoms with Crippen molar-refractivity contribution in [2.24, 2.45) is 0 Å². The molecular weight excluding hydrogens is 426 g/mol. The summed E-state index contributed by atoms with van der Waals surface area (Å²) in [5.41, 5.74) is 4.95. The molecule has 2 aromatic heterocycles. The first-order valence-electron chi connectivity index (χ1n) is 11.3. The molecule has 34 heavy (non-hydrogen) atoms. The number of aromatic nitrogens is 3. The van der Waals surface area contributed by atoms with E-state index in [1.807, 2.05) is 29.4 Å². The quantitative estimate of drug-likeness (QED) is 0.502. The number of nitrogens with zero attached hydrogens (tertiary/aromatic N) is 6. The van der Waals surface area contributed by atoms with Crippen molar-refractivity contribution in [1.29, 1.82) is 5.26 Å². The second kappa shape index (κ2) is 9.63. The van der Waals surface area contributed by atoms with Crippen LogP contribution in [0.15, 0.2) is 73.2 Å². The second-order valence-electron chi connectivity index (χ2n) is 8.33. The highest BCUT2D eigenvalue weighted by Gasteiger charge is 2.21. The van der Waals surface area contributed by atoms with E-state index in [1.165, 1.54) is 5.56 Å². The van der Waals surface area contributed by atoms with Gasteiger partial charge in [0.2, 0.25) is 0 Å². The number of benzene rings is 2. The minimum absolute atomic E-state index is 0.0626. The molecule has 1 fully saturated rings. The highest BCUT2D eigenvalue weighted by molar-refractivity contribution is 5.75. The number of amides is 2. The van der Waals surface area contributed by atoms with E-state index in [9.17, 15) is 4.79 Å². The Kier molecular flexibility index (Phi) is 6.08. The number of imidazole rings is 1. The number of nitrogens with one attached hydrogen (secondary N) is 1. The van der Waals surface area contributed by atoms with Gasteiger partial charge in [0.1, 0.15) is 5.82 Å².